The fraction of sp³-hybridized carbons (Fsp3) is 0.455. The zero-order valence-electron chi connectivity index (χ0n) is 20.2. The number of guanidine groups is 1. The number of carboxylic acids is 1. The van der Waals surface area contributed by atoms with Gasteiger partial charge in [0, 0.05) is 19.4 Å². The third-order valence-corrected chi connectivity index (χ3v) is 5.09. The minimum Gasteiger partial charge on any atom is -0.508 e. The van der Waals surface area contributed by atoms with Gasteiger partial charge < -0.3 is 49.1 Å². The van der Waals surface area contributed by atoms with E-state index in [2.05, 4.69) is 20.9 Å². The molecule has 0 aliphatic rings. The van der Waals surface area contributed by atoms with Crippen molar-refractivity contribution in [3.63, 3.8) is 0 Å². The van der Waals surface area contributed by atoms with Gasteiger partial charge in [-0.2, -0.15) is 0 Å². The molecule has 37 heavy (non-hydrogen) atoms. The summed E-state index contributed by atoms with van der Waals surface area (Å²) in [7, 11) is 0. The van der Waals surface area contributed by atoms with Crippen LogP contribution in [-0.4, -0.2) is 77.0 Å². The molecule has 13 N–H and O–H groups in total. The van der Waals surface area contributed by atoms with Crippen LogP contribution in [0.25, 0.3) is 0 Å². The van der Waals surface area contributed by atoms with E-state index in [0.717, 1.165) is 0 Å². The summed E-state index contributed by atoms with van der Waals surface area (Å²) < 4.78 is 0. The third kappa shape index (κ3) is 12.2. The molecule has 0 saturated heterocycles. The lowest BCUT2D eigenvalue weighted by Crippen LogP contribution is -2.56. The fourth-order valence-corrected chi connectivity index (χ4v) is 3.19. The highest BCUT2D eigenvalue weighted by Gasteiger charge is 2.29. The Morgan fingerprint density at radius 2 is 1.46 bits per heavy atom. The highest BCUT2D eigenvalue weighted by Crippen LogP contribution is 2.12. The fourth-order valence-electron chi connectivity index (χ4n) is 3.19. The van der Waals surface area contributed by atoms with Crippen LogP contribution in [0.4, 0.5) is 0 Å². The second-order valence-corrected chi connectivity index (χ2v) is 8.11. The topological polar surface area (TPSA) is 278 Å². The lowest BCUT2D eigenvalue weighted by Gasteiger charge is -2.24. The van der Waals surface area contributed by atoms with Gasteiger partial charge in [-0.15, -0.1) is 0 Å². The number of nitrogens with zero attached hydrogens (tertiary/aromatic N) is 1. The Morgan fingerprint density at radius 3 is 2.00 bits per heavy atom. The summed E-state index contributed by atoms with van der Waals surface area (Å²) >= 11 is 0. The normalized spacial score (nSPS) is 12.9. The molecule has 15 nitrogen and oxygen atoms in total. The first-order valence-corrected chi connectivity index (χ1v) is 11.4. The number of hydrogen-bond acceptors (Lipinski definition) is 8. The number of nitrogens with one attached hydrogen (secondary N) is 3. The van der Waals surface area contributed by atoms with Gasteiger partial charge in [0.25, 0.3) is 0 Å². The minimum atomic E-state index is -1.43. The van der Waals surface area contributed by atoms with Crippen LogP contribution in [0.5, 0.6) is 5.75 Å². The maximum Gasteiger partial charge on any atom is 0.326 e. The van der Waals surface area contributed by atoms with Crippen LogP contribution < -0.4 is 38.9 Å². The van der Waals surface area contributed by atoms with E-state index in [1.54, 1.807) is 12.1 Å². The number of nitrogens with two attached hydrogens (primary N) is 4. The van der Waals surface area contributed by atoms with Crippen LogP contribution >= 0.6 is 0 Å². The Labute approximate surface area is 213 Å². The Bertz CT molecular complexity index is 980. The van der Waals surface area contributed by atoms with Crippen molar-refractivity contribution in [3.8, 4) is 5.75 Å². The predicted octanol–water partition coefficient (Wildman–Crippen LogP) is -3.25. The number of benzene rings is 1. The van der Waals surface area contributed by atoms with Gasteiger partial charge in [-0.1, -0.05) is 12.1 Å². The Morgan fingerprint density at radius 1 is 0.865 bits per heavy atom. The summed E-state index contributed by atoms with van der Waals surface area (Å²) in [5.41, 5.74) is 21.6. The number of aromatic hydroxyl groups is 1. The molecule has 0 heterocycles. The van der Waals surface area contributed by atoms with Crippen LogP contribution in [0.3, 0.4) is 0 Å². The number of carbonyl (C=O) groups excluding carboxylic acids is 4. The van der Waals surface area contributed by atoms with Gasteiger partial charge in [-0.25, -0.2) is 4.79 Å². The number of rotatable bonds is 16. The number of phenolic OH excluding ortho intramolecular Hbond substituents is 1. The van der Waals surface area contributed by atoms with E-state index in [1.165, 1.54) is 12.1 Å². The predicted molar refractivity (Wildman–Crippen MR) is 133 cm³/mol. The van der Waals surface area contributed by atoms with Crippen LogP contribution in [0.15, 0.2) is 29.3 Å². The standard InChI is InChI=1S/C22H34N8O7/c23-11-18(33)28-16(10-12-3-5-13(31)6-4-12)20(35)29-14(2-1-9-27-22(25)26)19(34)30-15(21(36)37)7-8-17(24)32/h3-6,14-16,31H,1-2,7-11,23H2,(H2,24,32)(H,28,33)(H,29,35)(H,30,34)(H,36,37)(H4,25,26,27). The quantitative estimate of drug-likeness (QED) is 0.0593. The number of aliphatic carboxylic acids is 1. The Hall–Kier alpha value is -4.40. The molecule has 4 amide bonds. The van der Waals surface area contributed by atoms with Gasteiger partial charge >= 0.3 is 5.97 Å². The van der Waals surface area contributed by atoms with Crippen LogP contribution in [-0.2, 0) is 30.4 Å². The van der Waals surface area contributed by atoms with Gasteiger partial charge in [0.05, 0.1) is 6.54 Å². The summed E-state index contributed by atoms with van der Waals surface area (Å²) in [6, 6.07) is 2.13. The molecule has 0 fully saturated rings. The molecule has 0 aromatic heterocycles. The van der Waals surface area contributed by atoms with Crippen molar-refractivity contribution in [1.82, 2.24) is 16.0 Å². The average Bonchev–Trinajstić information content (AvgIpc) is 2.83. The van der Waals surface area contributed by atoms with E-state index in [9.17, 15) is 34.2 Å². The molecular formula is C22H34N8O7. The summed E-state index contributed by atoms with van der Waals surface area (Å²) in [5, 5.41) is 26.2. The number of primary amides is 1. The van der Waals surface area contributed by atoms with Crippen molar-refractivity contribution < 1.29 is 34.2 Å². The molecule has 1 aromatic rings. The van der Waals surface area contributed by atoms with Gasteiger partial charge in [-0.05, 0) is 37.0 Å². The highest BCUT2D eigenvalue weighted by atomic mass is 16.4. The number of aliphatic imine (C=N–C) groups is 1. The second kappa shape index (κ2) is 15.6. The van der Waals surface area contributed by atoms with Gasteiger partial charge in [0.15, 0.2) is 5.96 Å². The monoisotopic (exact) mass is 522 g/mol. The van der Waals surface area contributed by atoms with Crippen molar-refractivity contribution in [1.29, 1.82) is 0 Å². The molecule has 204 valence electrons. The Balaban J connectivity index is 3.08. The van der Waals surface area contributed by atoms with E-state index in [-0.39, 0.29) is 56.9 Å². The lowest BCUT2D eigenvalue weighted by atomic mass is 10.0. The summed E-state index contributed by atoms with van der Waals surface area (Å²) in [6.07, 6.45) is -0.253. The number of hydrogen-bond donors (Lipinski definition) is 9. The molecule has 3 unspecified atom stereocenters. The van der Waals surface area contributed by atoms with E-state index in [0.29, 0.717) is 5.56 Å². The number of phenols is 1. The highest BCUT2D eigenvalue weighted by molar-refractivity contribution is 5.93. The minimum absolute atomic E-state index is 0.0105. The molecule has 1 aromatic carbocycles. The van der Waals surface area contributed by atoms with Gasteiger partial charge in [0.1, 0.15) is 23.9 Å². The molecule has 3 atom stereocenters. The summed E-state index contributed by atoms with van der Waals surface area (Å²) in [5.74, 6) is -4.47. The number of carbonyl (C=O) groups is 5. The SMILES string of the molecule is NCC(=O)NC(Cc1ccc(O)cc1)C(=O)NC(CCCN=C(N)N)C(=O)NC(CCC(N)=O)C(=O)O. The van der Waals surface area contributed by atoms with E-state index < -0.39 is 47.7 Å². The lowest BCUT2D eigenvalue weighted by molar-refractivity contribution is -0.142. The maximum absolute atomic E-state index is 13.1. The van der Waals surface area contributed by atoms with Gasteiger partial charge in [0.2, 0.25) is 23.6 Å². The largest absolute Gasteiger partial charge is 0.508 e. The number of carboxylic acid groups (broad SMARTS) is 1. The molecular weight excluding hydrogens is 488 g/mol. The van der Waals surface area contributed by atoms with Gasteiger partial charge in [-0.3, -0.25) is 24.2 Å². The molecule has 0 aliphatic heterocycles. The molecule has 0 aliphatic carbocycles. The van der Waals surface area contributed by atoms with Crippen molar-refractivity contribution >= 4 is 35.6 Å². The van der Waals surface area contributed by atoms with Crippen molar-refractivity contribution in [3.05, 3.63) is 29.8 Å². The zero-order chi connectivity index (χ0) is 28.0. The molecule has 0 radical (unpaired) electrons. The Kier molecular flexibility index (Phi) is 12.9. The van der Waals surface area contributed by atoms with Crippen LogP contribution in [0, 0.1) is 0 Å². The first kappa shape index (κ1) is 30.6. The molecule has 15 heteroatoms. The van der Waals surface area contributed by atoms with Crippen molar-refractivity contribution in [2.75, 3.05) is 13.1 Å². The third-order valence-electron chi connectivity index (χ3n) is 5.09. The van der Waals surface area contributed by atoms with Crippen molar-refractivity contribution in [2.45, 2.75) is 50.2 Å². The second-order valence-electron chi connectivity index (χ2n) is 8.11. The van der Waals surface area contributed by atoms with Crippen LogP contribution in [0.2, 0.25) is 0 Å². The molecule has 0 spiro atoms. The zero-order valence-corrected chi connectivity index (χ0v) is 20.2. The number of amides is 4. The summed E-state index contributed by atoms with van der Waals surface area (Å²) in [6.45, 7) is -0.255. The van der Waals surface area contributed by atoms with E-state index in [1.807, 2.05) is 0 Å². The first-order valence-electron chi connectivity index (χ1n) is 11.4. The van der Waals surface area contributed by atoms with Crippen molar-refractivity contribution in [2.24, 2.45) is 27.9 Å². The van der Waals surface area contributed by atoms with Crippen LogP contribution in [0.1, 0.15) is 31.2 Å². The smallest absolute Gasteiger partial charge is 0.326 e. The molecule has 1 rings (SSSR count). The summed E-state index contributed by atoms with van der Waals surface area (Å²) in [4.78, 5) is 64.4. The maximum atomic E-state index is 13.1. The molecule has 0 saturated carbocycles. The van der Waals surface area contributed by atoms with E-state index >= 15 is 0 Å². The first-order chi connectivity index (χ1) is 17.4. The average molecular weight is 523 g/mol. The van der Waals surface area contributed by atoms with E-state index in [4.69, 9.17) is 22.9 Å². The molecule has 0 bridgehead atoms.